The molecule has 8 heterocycles. The summed E-state index contributed by atoms with van der Waals surface area (Å²) < 4.78 is 13.1. The van der Waals surface area contributed by atoms with Crippen LogP contribution in [0.15, 0.2) is 55.1 Å². The van der Waals surface area contributed by atoms with Crippen LogP contribution in [0, 0.1) is 23.2 Å². The first kappa shape index (κ1) is 28.2. The standard InChI is InChI=1S/C34H38N8O3/c1-44-32-5-2-22(13-38-32)18-41-27-8-28(41)20-40(19-27)31-4-3-23(16-37-31)30-9-29(21-42-33(30)26(12-35)17-39-42)45-7-6-34(43)10-24-14-36-15-25(24)11-34/h2-5,9,13,16-17,21,24-25,27-28,36,43H,6-8,10-11,14-15,18-20H2,1H3. The Hall–Kier alpha value is -4.24. The quantitative estimate of drug-likeness (QED) is 0.293. The second-order valence-electron chi connectivity index (χ2n) is 13.2. The number of piperidine rings is 1. The lowest BCUT2D eigenvalue weighted by molar-refractivity contribution is -0.00876. The summed E-state index contributed by atoms with van der Waals surface area (Å²) in [5.41, 5.74) is 3.52. The summed E-state index contributed by atoms with van der Waals surface area (Å²) in [6, 6.07) is 13.4. The first-order chi connectivity index (χ1) is 22.0. The number of nitrogens with one attached hydrogen (secondary N) is 1. The minimum atomic E-state index is -0.664. The van der Waals surface area contributed by atoms with E-state index in [4.69, 9.17) is 14.5 Å². The van der Waals surface area contributed by atoms with Crippen molar-refractivity contribution < 1.29 is 14.6 Å². The predicted molar refractivity (Wildman–Crippen MR) is 168 cm³/mol. The number of methoxy groups -OCH3 is 1. The summed E-state index contributed by atoms with van der Waals surface area (Å²) in [6.07, 6.45) is 10.7. The van der Waals surface area contributed by atoms with Crippen molar-refractivity contribution in [3.05, 3.63) is 66.2 Å². The van der Waals surface area contributed by atoms with Crippen LogP contribution in [0.1, 0.15) is 36.8 Å². The molecule has 5 fully saturated rings. The lowest BCUT2D eigenvalue weighted by Gasteiger charge is -2.56. The van der Waals surface area contributed by atoms with E-state index in [0.29, 0.717) is 54.1 Å². The number of hydrogen-bond acceptors (Lipinski definition) is 10. The number of fused-ring (bicyclic) bond motifs is 4. The SMILES string of the molecule is COc1ccc(CN2C3CC2CN(c2ccc(-c4cc(OCCC5(O)CC6CNCC6C5)cn5ncc(C#N)c45)cn2)C3)cn1. The maximum atomic E-state index is 11.2. The van der Waals surface area contributed by atoms with Crippen molar-refractivity contribution in [3.8, 4) is 28.8 Å². The second kappa shape index (κ2) is 11.3. The van der Waals surface area contributed by atoms with Gasteiger partial charge in [0, 0.05) is 67.7 Å². The summed E-state index contributed by atoms with van der Waals surface area (Å²) in [5.74, 6) is 3.38. The molecule has 4 aromatic rings. The second-order valence-corrected chi connectivity index (χ2v) is 13.2. The molecule has 0 amide bonds. The van der Waals surface area contributed by atoms with Crippen molar-refractivity contribution in [2.45, 2.75) is 49.9 Å². The molecule has 2 bridgehead atoms. The Kier molecular flexibility index (Phi) is 7.08. The molecule has 4 saturated heterocycles. The van der Waals surface area contributed by atoms with Gasteiger partial charge in [-0.1, -0.05) is 6.07 Å². The Labute approximate surface area is 262 Å². The van der Waals surface area contributed by atoms with Gasteiger partial charge in [0.05, 0.1) is 42.8 Å². The molecular formula is C34H38N8O3. The molecule has 11 heteroatoms. The van der Waals surface area contributed by atoms with E-state index in [-0.39, 0.29) is 0 Å². The lowest BCUT2D eigenvalue weighted by Crippen LogP contribution is -2.68. The highest BCUT2D eigenvalue weighted by Crippen LogP contribution is 2.43. The minimum absolute atomic E-state index is 0.418. The number of aliphatic hydroxyl groups is 1. The number of pyridine rings is 3. The third-order valence-electron chi connectivity index (χ3n) is 10.4. The van der Waals surface area contributed by atoms with Gasteiger partial charge in [-0.15, -0.1) is 0 Å². The zero-order valence-corrected chi connectivity index (χ0v) is 25.5. The molecular weight excluding hydrogens is 568 g/mol. The fourth-order valence-electron chi connectivity index (χ4n) is 8.07. The van der Waals surface area contributed by atoms with E-state index in [1.54, 1.807) is 17.8 Å². The van der Waals surface area contributed by atoms with E-state index >= 15 is 0 Å². The topological polar surface area (TPSA) is 124 Å². The van der Waals surface area contributed by atoms with E-state index in [2.05, 4.69) is 49.5 Å². The monoisotopic (exact) mass is 606 g/mol. The van der Waals surface area contributed by atoms with Gasteiger partial charge in [-0.05, 0) is 68.0 Å². The van der Waals surface area contributed by atoms with Crippen molar-refractivity contribution in [1.82, 2.24) is 29.8 Å². The van der Waals surface area contributed by atoms with Gasteiger partial charge in [0.2, 0.25) is 5.88 Å². The molecule has 4 atom stereocenters. The van der Waals surface area contributed by atoms with E-state index < -0.39 is 5.60 Å². The van der Waals surface area contributed by atoms with Gasteiger partial charge in [0.25, 0.3) is 0 Å². The zero-order chi connectivity index (χ0) is 30.5. The number of anilines is 1. The predicted octanol–water partition coefficient (Wildman–Crippen LogP) is 3.26. The number of nitrogens with zero attached hydrogens (tertiary/aromatic N) is 7. The van der Waals surface area contributed by atoms with Crippen LogP contribution in [-0.2, 0) is 6.54 Å². The largest absolute Gasteiger partial charge is 0.492 e. The lowest BCUT2D eigenvalue weighted by atomic mass is 9.87. The molecule has 4 unspecified atom stereocenters. The molecule has 1 saturated carbocycles. The Morgan fingerprint density at radius 3 is 2.58 bits per heavy atom. The summed E-state index contributed by atoms with van der Waals surface area (Å²) >= 11 is 0. The van der Waals surface area contributed by atoms with Gasteiger partial charge in [-0.3, -0.25) is 4.90 Å². The molecule has 4 aromatic heterocycles. The Morgan fingerprint density at radius 1 is 1.07 bits per heavy atom. The Morgan fingerprint density at radius 2 is 1.89 bits per heavy atom. The van der Waals surface area contributed by atoms with Crippen molar-refractivity contribution in [1.29, 1.82) is 5.26 Å². The highest BCUT2D eigenvalue weighted by atomic mass is 16.5. The number of ether oxygens (including phenoxy) is 2. The molecule has 2 N–H and O–H groups in total. The summed E-state index contributed by atoms with van der Waals surface area (Å²) in [7, 11) is 1.64. The van der Waals surface area contributed by atoms with Gasteiger partial charge in [0.1, 0.15) is 17.6 Å². The fourth-order valence-corrected chi connectivity index (χ4v) is 8.07. The molecule has 0 aromatic carbocycles. The van der Waals surface area contributed by atoms with Gasteiger partial charge in [0.15, 0.2) is 0 Å². The van der Waals surface area contributed by atoms with E-state index in [0.717, 1.165) is 68.0 Å². The number of hydrogen-bond donors (Lipinski definition) is 2. The van der Waals surface area contributed by atoms with Crippen LogP contribution >= 0.6 is 0 Å². The van der Waals surface area contributed by atoms with Crippen molar-refractivity contribution in [2.24, 2.45) is 11.8 Å². The number of rotatable bonds is 9. The van der Waals surface area contributed by atoms with Crippen LogP contribution in [0.3, 0.4) is 0 Å². The maximum Gasteiger partial charge on any atom is 0.212 e. The third-order valence-corrected chi connectivity index (χ3v) is 10.4. The van der Waals surface area contributed by atoms with Crippen LogP contribution in [0.5, 0.6) is 11.6 Å². The van der Waals surface area contributed by atoms with E-state index in [9.17, 15) is 10.4 Å². The van der Waals surface area contributed by atoms with Crippen LogP contribution in [0.4, 0.5) is 5.82 Å². The normalized spacial score (nSPS) is 27.3. The third kappa shape index (κ3) is 5.27. The fraction of sp³-hybridized carbons (Fsp3) is 0.471. The van der Waals surface area contributed by atoms with Crippen LogP contribution < -0.4 is 19.7 Å². The highest BCUT2D eigenvalue weighted by Gasteiger charge is 2.46. The van der Waals surface area contributed by atoms with E-state index in [1.165, 1.54) is 12.0 Å². The maximum absolute atomic E-state index is 11.2. The van der Waals surface area contributed by atoms with E-state index in [1.807, 2.05) is 30.7 Å². The number of piperazine rings is 1. The van der Waals surface area contributed by atoms with Crippen LogP contribution in [-0.4, -0.2) is 87.2 Å². The highest BCUT2D eigenvalue weighted by molar-refractivity contribution is 5.85. The molecule has 11 nitrogen and oxygen atoms in total. The molecule has 4 aliphatic heterocycles. The minimum Gasteiger partial charge on any atom is -0.492 e. The smallest absolute Gasteiger partial charge is 0.212 e. The molecule has 1 aliphatic carbocycles. The van der Waals surface area contributed by atoms with Gasteiger partial charge in [-0.2, -0.15) is 10.4 Å². The van der Waals surface area contributed by atoms with Crippen LogP contribution in [0.2, 0.25) is 0 Å². The summed E-state index contributed by atoms with van der Waals surface area (Å²) in [6.45, 7) is 5.19. The Balaban J connectivity index is 0.957. The molecule has 9 rings (SSSR count). The molecule has 232 valence electrons. The average Bonchev–Trinajstić information content (AvgIpc) is 3.77. The summed E-state index contributed by atoms with van der Waals surface area (Å²) in [4.78, 5) is 14.2. The van der Waals surface area contributed by atoms with Crippen LogP contribution in [0.25, 0.3) is 16.6 Å². The van der Waals surface area contributed by atoms with Crippen molar-refractivity contribution in [2.75, 3.05) is 44.8 Å². The summed E-state index contributed by atoms with van der Waals surface area (Å²) in [5, 5.41) is 28.9. The first-order valence-corrected chi connectivity index (χ1v) is 15.9. The zero-order valence-electron chi connectivity index (χ0n) is 25.5. The number of aromatic nitrogens is 4. The first-order valence-electron chi connectivity index (χ1n) is 15.9. The number of nitriles is 1. The average molecular weight is 607 g/mol. The molecule has 45 heavy (non-hydrogen) atoms. The molecule has 5 aliphatic rings. The van der Waals surface area contributed by atoms with Gasteiger partial charge in [-0.25, -0.2) is 14.5 Å². The molecule has 0 spiro atoms. The Bertz CT molecular complexity index is 1710. The van der Waals surface area contributed by atoms with Crippen molar-refractivity contribution >= 4 is 11.3 Å². The molecule has 0 radical (unpaired) electrons. The van der Waals surface area contributed by atoms with Crippen molar-refractivity contribution in [3.63, 3.8) is 0 Å². The van der Waals surface area contributed by atoms with Gasteiger partial charge < -0.3 is 24.8 Å². The van der Waals surface area contributed by atoms with Gasteiger partial charge >= 0.3 is 0 Å².